The summed E-state index contributed by atoms with van der Waals surface area (Å²) in [5, 5.41) is 14.1. The van der Waals surface area contributed by atoms with Crippen LogP contribution in [0.1, 0.15) is 30.8 Å². The fraction of sp³-hybridized carbons (Fsp3) is 0.333. The maximum absolute atomic E-state index is 13.8. The van der Waals surface area contributed by atoms with Crippen LogP contribution < -0.4 is 10.3 Å². The molecule has 6 nitrogen and oxygen atoms in total. The van der Waals surface area contributed by atoms with Gasteiger partial charge in [0.2, 0.25) is 0 Å². The number of hydrogen-bond acceptors (Lipinski definition) is 4. The van der Waals surface area contributed by atoms with Crippen molar-refractivity contribution < 1.29 is 18.6 Å². The van der Waals surface area contributed by atoms with Crippen LogP contribution in [0.25, 0.3) is 0 Å². The number of aliphatic hydroxyl groups is 1. The van der Waals surface area contributed by atoms with Crippen LogP contribution in [0.4, 0.5) is 8.78 Å². The van der Waals surface area contributed by atoms with Gasteiger partial charge in [-0.3, -0.25) is 9.48 Å². The lowest BCUT2D eigenvalue weighted by Crippen LogP contribution is -2.27. The molecule has 0 amide bonds. The van der Waals surface area contributed by atoms with Crippen LogP contribution >= 0.6 is 11.6 Å². The lowest BCUT2D eigenvalue weighted by Gasteiger charge is -2.16. The summed E-state index contributed by atoms with van der Waals surface area (Å²) in [5.41, 5.74) is -0.0315. The molecule has 30 heavy (non-hydrogen) atoms. The third-order valence-corrected chi connectivity index (χ3v) is 4.73. The quantitative estimate of drug-likeness (QED) is 0.612. The molecule has 0 aliphatic rings. The van der Waals surface area contributed by atoms with Gasteiger partial charge in [-0.05, 0) is 39.0 Å². The molecule has 0 radical (unpaired) electrons. The van der Waals surface area contributed by atoms with Gasteiger partial charge >= 0.3 is 0 Å². The SMILES string of the molecule is Cc1cc(OCc2ccc(F)cc2F)c(Cl)c(=O)n1Cc1ccn(CC(C)(C)O)n1. The zero-order chi connectivity index (χ0) is 22.1. The third kappa shape index (κ3) is 5.25. The molecule has 160 valence electrons. The van der Waals surface area contributed by atoms with Crippen molar-refractivity contribution >= 4 is 11.6 Å². The molecular formula is C21H22ClF2N3O3. The van der Waals surface area contributed by atoms with Gasteiger partial charge in [-0.1, -0.05) is 11.6 Å². The molecular weight excluding hydrogens is 416 g/mol. The molecule has 2 heterocycles. The van der Waals surface area contributed by atoms with Crippen LogP contribution in [0.15, 0.2) is 41.3 Å². The minimum Gasteiger partial charge on any atom is -0.487 e. The minimum atomic E-state index is -0.914. The maximum atomic E-state index is 13.8. The second-order valence-electron chi connectivity index (χ2n) is 7.70. The molecule has 0 fully saturated rings. The first-order valence-corrected chi connectivity index (χ1v) is 9.62. The summed E-state index contributed by atoms with van der Waals surface area (Å²) >= 11 is 6.19. The highest BCUT2D eigenvalue weighted by molar-refractivity contribution is 6.31. The number of aryl methyl sites for hydroxylation is 1. The van der Waals surface area contributed by atoms with Crippen LogP contribution in [0.5, 0.6) is 5.75 Å². The van der Waals surface area contributed by atoms with Gasteiger partial charge in [-0.15, -0.1) is 0 Å². The number of nitrogens with zero attached hydrogens (tertiary/aromatic N) is 3. The van der Waals surface area contributed by atoms with Gasteiger partial charge in [0.15, 0.2) is 0 Å². The van der Waals surface area contributed by atoms with E-state index < -0.39 is 22.8 Å². The molecule has 3 aromatic rings. The van der Waals surface area contributed by atoms with Gasteiger partial charge in [-0.25, -0.2) is 8.78 Å². The van der Waals surface area contributed by atoms with Gasteiger partial charge < -0.3 is 14.4 Å². The van der Waals surface area contributed by atoms with E-state index in [1.807, 2.05) is 0 Å². The van der Waals surface area contributed by atoms with Gasteiger partial charge in [0, 0.05) is 29.6 Å². The highest BCUT2D eigenvalue weighted by Gasteiger charge is 2.17. The number of halogens is 3. The molecule has 0 saturated carbocycles. The maximum Gasteiger partial charge on any atom is 0.273 e. The van der Waals surface area contributed by atoms with Crippen LogP contribution in [0.3, 0.4) is 0 Å². The predicted molar refractivity (Wildman–Crippen MR) is 109 cm³/mol. The molecule has 0 unspecified atom stereocenters. The van der Waals surface area contributed by atoms with E-state index in [9.17, 15) is 18.7 Å². The van der Waals surface area contributed by atoms with E-state index in [0.717, 1.165) is 12.1 Å². The molecule has 0 aliphatic heterocycles. The van der Waals surface area contributed by atoms with Crippen LogP contribution in [0.2, 0.25) is 5.02 Å². The summed E-state index contributed by atoms with van der Waals surface area (Å²) in [4.78, 5) is 12.7. The van der Waals surface area contributed by atoms with E-state index in [0.29, 0.717) is 17.9 Å². The fourth-order valence-electron chi connectivity index (χ4n) is 2.95. The van der Waals surface area contributed by atoms with Crippen molar-refractivity contribution in [3.05, 3.63) is 80.5 Å². The third-order valence-electron chi connectivity index (χ3n) is 4.38. The molecule has 1 aromatic carbocycles. The molecule has 0 atom stereocenters. The molecule has 0 aliphatic carbocycles. The van der Waals surface area contributed by atoms with Crippen molar-refractivity contribution in [3.8, 4) is 5.75 Å². The molecule has 3 rings (SSSR count). The van der Waals surface area contributed by atoms with E-state index in [1.54, 1.807) is 43.8 Å². The number of ether oxygens (including phenoxy) is 1. The zero-order valence-electron chi connectivity index (χ0n) is 16.8. The van der Waals surface area contributed by atoms with Crippen LogP contribution in [-0.2, 0) is 19.7 Å². The first-order valence-electron chi connectivity index (χ1n) is 9.25. The predicted octanol–water partition coefficient (Wildman–Crippen LogP) is 3.68. The number of pyridine rings is 1. The second-order valence-corrected chi connectivity index (χ2v) is 8.07. The Morgan fingerprint density at radius 2 is 1.97 bits per heavy atom. The number of benzene rings is 1. The number of hydrogen-bond donors (Lipinski definition) is 1. The lowest BCUT2D eigenvalue weighted by molar-refractivity contribution is 0.0576. The second kappa shape index (κ2) is 8.57. The van der Waals surface area contributed by atoms with Gasteiger partial charge in [0.1, 0.15) is 29.0 Å². The smallest absolute Gasteiger partial charge is 0.273 e. The van der Waals surface area contributed by atoms with E-state index in [1.165, 1.54) is 10.6 Å². The Labute approximate surface area is 177 Å². The van der Waals surface area contributed by atoms with E-state index in [-0.39, 0.29) is 29.5 Å². The van der Waals surface area contributed by atoms with Crippen molar-refractivity contribution in [1.29, 1.82) is 0 Å². The monoisotopic (exact) mass is 437 g/mol. The summed E-state index contributed by atoms with van der Waals surface area (Å²) < 4.78 is 35.4. The van der Waals surface area contributed by atoms with Crippen molar-refractivity contribution in [3.63, 3.8) is 0 Å². The molecule has 1 N–H and O–H groups in total. The lowest BCUT2D eigenvalue weighted by atomic mass is 10.1. The normalized spacial score (nSPS) is 11.7. The molecule has 0 saturated heterocycles. The van der Waals surface area contributed by atoms with E-state index in [2.05, 4.69) is 5.10 Å². The Bertz CT molecular complexity index is 1120. The van der Waals surface area contributed by atoms with Gasteiger partial charge in [0.05, 0.1) is 24.4 Å². The molecule has 0 bridgehead atoms. The average Bonchev–Trinajstić information content (AvgIpc) is 3.07. The topological polar surface area (TPSA) is 69.3 Å². The highest BCUT2D eigenvalue weighted by atomic mass is 35.5. The van der Waals surface area contributed by atoms with Gasteiger partial charge in [0.25, 0.3) is 5.56 Å². The van der Waals surface area contributed by atoms with Crippen molar-refractivity contribution in [2.75, 3.05) is 0 Å². The summed E-state index contributed by atoms with van der Waals surface area (Å²) in [6.45, 7) is 5.38. The Morgan fingerprint density at radius 1 is 1.23 bits per heavy atom. The van der Waals surface area contributed by atoms with Gasteiger partial charge in [-0.2, -0.15) is 5.10 Å². The number of aromatic nitrogens is 3. The first kappa shape index (κ1) is 22.0. The van der Waals surface area contributed by atoms with Crippen molar-refractivity contribution in [2.24, 2.45) is 0 Å². The number of rotatable bonds is 7. The molecule has 9 heteroatoms. The van der Waals surface area contributed by atoms with Crippen molar-refractivity contribution in [2.45, 2.75) is 46.1 Å². The average molecular weight is 438 g/mol. The summed E-state index contributed by atoms with van der Waals surface area (Å²) in [6.07, 6.45) is 1.73. The Morgan fingerprint density at radius 3 is 2.63 bits per heavy atom. The summed E-state index contributed by atoms with van der Waals surface area (Å²) in [7, 11) is 0. The first-order chi connectivity index (χ1) is 14.0. The molecule has 0 spiro atoms. The summed E-state index contributed by atoms with van der Waals surface area (Å²) in [6, 6.07) is 6.51. The Balaban J connectivity index is 1.78. The van der Waals surface area contributed by atoms with Crippen LogP contribution in [0, 0.1) is 18.6 Å². The highest BCUT2D eigenvalue weighted by Crippen LogP contribution is 2.24. The standard InChI is InChI=1S/C21H22ClF2N3O3/c1-13-8-18(30-11-14-4-5-15(23)9-17(14)24)19(22)20(28)27(13)10-16-6-7-26(25-16)12-21(2,3)29/h4-9,29H,10-12H2,1-3H3. The zero-order valence-corrected chi connectivity index (χ0v) is 17.6. The van der Waals surface area contributed by atoms with Crippen molar-refractivity contribution in [1.82, 2.24) is 14.3 Å². The molecule has 2 aromatic heterocycles. The Hall–Kier alpha value is -2.71. The minimum absolute atomic E-state index is 0.117. The Kier molecular flexibility index (Phi) is 6.28. The fourth-order valence-corrected chi connectivity index (χ4v) is 3.16. The van der Waals surface area contributed by atoms with Crippen LogP contribution in [-0.4, -0.2) is 25.1 Å². The summed E-state index contributed by atoms with van der Waals surface area (Å²) in [5.74, 6) is -1.30. The van der Waals surface area contributed by atoms with E-state index in [4.69, 9.17) is 16.3 Å². The largest absolute Gasteiger partial charge is 0.487 e. The van der Waals surface area contributed by atoms with E-state index >= 15 is 0 Å².